The Morgan fingerprint density at radius 2 is 0.507 bits per heavy atom. The molecule has 6 heteroatoms. The standard InChI is InChI=1S/C69H124O6/c1-4-7-10-13-16-19-22-25-27-28-29-30-31-32-33-34-35-36-37-38-39-40-41-43-44-47-50-53-56-59-62-68(71)74-65-66(64-73-67(70)61-58-55-52-49-46-24-21-18-15-12-9-6-3)75-69(72)63-60-57-54-51-48-45-42-26-23-20-17-14-11-8-5-2/h8,11,17,20,26,42,48,51,57,60,66H,4-7,9-10,12-16,18-19,21-25,27-41,43-47,49-50,52-56,58-59,61-65H2,1-3H3/b11-8-,20-17-,42-26-,51-48-,60-57-. The molecule has 0 aliphatic carbocycles. The summed E-state index contributed by atoms with van der Waals surface area (Å²) in [7, 11) is 0. The molecular weight excluding hydrogens is 925 g/mol. The molecular formula is C69H124O6. The van der Waals surface area contributed by atoms with Crippen LogP contribution in [0.2, 0.25) is 0 Å². The van der Waals surface area contributed by atoms with Gasteiger partial charge in [0.05, 0.1) is 6.42 Å². The Bertz CT molecular complexity index is 1340. The molecule has 0 N–H and O–H groups in total. The number of allylic oxidation sites excluding steroid dienone is 9. The second-order valence-electron chi connectivity index (χ2n) is 22.0. The molecule has 0 rings (SSSR count). The van der Waals surface area contributed by atoms with Crippen molar-refractivity contribution in [3.05, 3.63) is 60.8 Å². The van der Waals surface area contributed by atoms with E-state index in [0.717, 1.165) is 70.6 Å². The van der Waals surface area contributed by atoms with Gasteiger partial charge in [0.15, 0.2) is 6.10 Å². The smallest absolute Gasteiger partial charge is 0.310 e. The Hall–Kier alpha value is -2.89. The van der Waals surface area contributed by atoms with Gasteiger partial charge in [-0.05, 0) is 44.9 Å². The number of hydrogen-bond acceptors (Lipinski definition) is 6. The third kappa shape index (κ3) is 61.8. The van der Waals surface area contributed by atoms with E-state index >= 15 is 0 Å². The summed E-state index contributed by atoms with van der Waals surface area (Å²) in [6, 6.07) is 0. The van der Waals surface area contributed by atoms with Gasteiger partial charge in [-0.1, -0.05) is 338 Å². The molecule has 0 aliphatic heterocycles. The van der Waals surface area contributed by atoms with Gasteiger partial charge >= 0.3 is 17.9 Å². The topological polar surface area (TPSA) is 78.9 Å². The lowest BCUT2D eigenvalue weighted by Crippen LogP contribution is -2.30. The van der Waals surface area contributed by atoms with E-state index in [-0.39, 0.29) is 31.6 Å². The predicted molar refractivity (Wildman–Crippen MR) is 325 cm³/mol. The van der Waals surface area contributed by atoms with E-state index in [1.807, 2.05) is 6.08 Å². The van der Waals surface area contributed by atoms with Crippen LogP contribution in [0.5, 0.6) is 0 Å². The molecule has 1 unspecified atom stereocenters. The van der Waals surface area contributed by atoms with Crippen molar-refractivity contribution in [2.75, 3.05) is 13.2 Å². The van der Waals surface area contributed by atoms with E-state index < -0.39 is 12.1 Å². The average Bonchev–Trinajstić information content (AvgIpc) is 3.41. The van der Waals surface area contributed by atoms with E-state index in [2.05, 4.69) is 69.4 Å². The molecule has 0 aliphatic rings. The minimum atomic E-state index is -0.825. The molecule has 1 atom stereocenters. The monoisotopic (exact) mass is 1050 g/mol. The van der Waals surface area contributed by atoms with Crippen molar-refractivity contribution in [2.45, 2.75) is 348 Å². The number of carbonyl (C=O) groups is 3. The van der Waals surface area contributed by atoms with Crippen LogP contribution in [0.1, 0.15) is 342 Å². The van der Waals surface area contributed by atoms with Gasteiger partial charge in [-0.15, -0.1) is 0 Å². The van der Waals surface area contributed by atoms with Crippen molar-refractivity contribution in [3.8, 4) is 0 Å². The van der Waals surface area contributed by atoms with Gasteiger partial charge in [-0.3, -0.25) is 14.4 Å². The summed E-state index contributed by atoms with van der Waals surface area (Å²) >= 11 is 0. The van der Waals surface area contributed by atoms with Crippen molar-refractivity contribution < 1.29 is 28.6 Å². The fraction of sp³-hybridized carbons (Fsp3) is 0.812. The maximum Gasteiger partial charge on any atom is 0.310 e. The van der Waals surface area contributed by atoms with E-state index in [9.17, 15) is 14.4 Å². The zero-order valence-electron chi connectivity index (χ0n) is 50.1. The summed E-state index contributed by atoms with van der Waals surface area (Å²) in [4.78, 5) is 38.1. The minimum absolute atomic E-state index is 0.102. The highest BCUT2D eigenvalue weighted by atomic mass is 16.6. The normalized spacial score (nSPS) is 12.4. The van der Waals surface area contributed by atoms with Gasteiger partial charge in [-0.25, -0.2) is 0 Å². The molecule has 75 heavy (non-hydrogen) atoms. The first-order chi connectivity index (χ1) is 37.0. The fourth-order valence-electron chi connectivity index (χ4n) is 9.70. The number of ether oxygens (including phenoxy) is 3. The van der Waals surface area contributed by atoms with Crippen LogP contribution in [0.3, 0.4) is 0 Å². The van der Waals surface area contributed by atoms with Gasteiger partial charge in [0.1, 0.15) is 13.2 Å². The molecule has 0 amide bonds. The van der Waals surface area contributed by atoms with Gasteiger partial charge in [0.2, 0.25) is 0 Å². The van der Waals surface area contributed by atoms with Crippen LogP contribution >= 0.6 is 0 Å². The lowest BCUT2D eigenvalue weighted by Gasteiger charge is -2.18. The van der Waals surface area contributed by atoms with Crippen LogP contribution in [-0.4, -0.2) is 37.2 Å². The van der Waals surface area contributed by atoms with E-state index in [0.29, 0.717) is 12.8 Å². The SMILES string of the molecule is CC/C=C\C/C=C\C/C=C\C/C=C\C/C=C\CC(=O)OC(COC(=O)CCCCCCCCCCCCCC)COC(=O)CCCCCCCCCCCCCCCCCCCCCCCCCCCCCCCC. The summed E-state index contributed by atoms with van der Waals surface area (Å²) in [6.45, 7) is 6.49. The fourth-order valence-corrected chi connectivity index (χ4v) is 9.70. The quantitative estimate of drug-likeness (QED) is 0.0261. The first-order valence-corrected chi connectivity index (χ1v) is 32.8. The van der Waals surface area contributed by atoms with Crippen molar-refractivity contribution in [1.82, 2.24) is 0 Å². The molecule has 436 valence electrons. The second-order valence-corrected chi connectivity index (χ2v) is 22.0. The molecule has 0 fully saturated rings. The molecule has 0 radical (unpaired) electrons. The Morgan fingerprint density at radius 1 is 0.280 bits per heavy atom. The molecule has 0 aromatic rings. The van der Waals surface area contributed by atoms with Crippen molar-refractivity contribution in [3.63, 3.8) is 0 Å². The maximum atomic E-state index is 12.8. The second kappa shape index (κ2) is 63.6. The average molecular weight is 1050 g/mol. The maximum absolute atomic E-state index is 12.8. The Morgan fingerprint density at radius 3 is 0.760 bits per heavy atom. The zero-order valence-corrected chi connectivity index (χ0v) is 50.1. The first kappa shape index (κ1) is 72.1. The number of hydrogen-bond donors (Lipinski definition) is 0. The number of carbonyl (C=O) groups excluding carboxylic acids is 3. The van der Waals surface area contributed by atoms with Crippen LogP contribution in [0.4, 0.5) is 0 Å². The van der Waals surface area contributed by atoms with Crippen LogP contribution in [0, 0.1) is 0 Å². The summed E-state index contributed by atoms with van der Waals surface area (Å²) in [5.74, 6) is -1.02. The zero-order chi connectivity index (χ0) is 54.3. The van der Waals surface area contributed by atoms with Crippen molar-refractivity contribution >= 4 is 17.9 Å². The predicted octanol–water partition coefficient (Wildman–Crippen LogP) is 22.3. The van der Waals surface area contributed by atoms with Crippen LogP contribution in [-0.2, 0) is 28.6 Å². The third-order valence-corrected chi connectivity index (χ3v) is 14.6. The highest BCUT2D eigenvalue weighted by Crippen LogP contribution is 2.18. The van der Waals surface area contributed by atoms with Crippen LogP contribution in [0.15, 0.2) is 60.8 Å². The summed E-state index contributed by atoms with van der Waals surface area (Å²) in [6.07, 6.45) is 81.5. The highest BCUT2D eigenvalue weighted by Gasteiger charge is 2.19. The molecule has 0 heterocycles. The minimum Gasteiger partial charge on any atom is -0.462 e. The van der Waals surface area contributed by atoms with Gasteiger partial charge in [0.25, 0.3) is 0 Å². The molecule has 0 aromatic carbocycles. The molecule has 0 bridgehead atoms. The van der Waals surface area contributed by atoms with Gasteiger partial charge < -0.3 is 14.2 Å². The van der Waals surface area contributed by atoms with E-state index in [4.69, 9.17) is 14.2 Å². The lowest BCUT2D eigenvalue weighted by molar-refractivity contribution is -0.166. The molecule has 6 nitrogen and oxygen atoms in total. The van der Waals surface area contributed by atoms with Gasteiger partial charge in [-0.2, -0.15) is 0 Å². The molecule has 0 saturated carbocycles. The highest BCUT2D eigenvalue weighted by molar-refractivity contribution is 5.72. The Balaban J connectivity index is 4.17. The summed E-state index contributed by atoms with van der Waals surface area (Å²) in [5.41, 5.74) is 0. The lowest BCUT2D eigenvalue weighted by atomic mass is 10.0. The van der Waals surface area contributed by atoms with Crippen molar-refractivity contribution in [1.29, 1.82) is 0 Å². The number of esters is 3. The van der Waals surface area contributed by atoms with E-state index in [1.54, 1.807) is 6.08 Å². The van der Waals surface area contributed by atoms with E-state index in [1.165, 1.54) is 231 Å². The van der Waals surface area contributed by atoms with Crippen LogP contribution in [0.25, 0.3) is 0 Å². The number of unbranched alkanes of at least 4 members (excludes halogenated alkanes) is 40. The number of rotatable bonds is 60. The van der Waals surface area contributed by atoms with Crippen molar-refractivity contribution in [2.24, 2.45) is 0 Å². The molecule has 0 aromatic heterocycles. The Kier molecular flexibility index (Phi) is 61.2. The Labute approximate surface area is 466 Å². The summed E-state index contributed by atoms with van der Waals surface area (Å²) in [5, 5.41) is 0. The largest absolute Gasteiger partial charge is 0.462 e. The summed E-state index contributed by atoms with van der Waals surface area (Å²) < 4.78 is 16.8. The van der Waals surface area contributed by atoms with Crippen LogP contribution < -0.4 is 0 Å². The molecule has 0 spiro atoms. The van der Waals surface area contributed by atoms with Gasteiger partial charge in [0, 0.05) is 12.8 Å². The molecule has 0 saturated heterocycles. The third-order valence-electron chi connectivity index (χ3n) is 14.6. The first-order valence-electron chi connectivity index (χ1n) is 32.8.